The Balaban J connectivity index is 1.97. The molecule has 1 aromatic heterocycles. The van der Waals surface area contributed by atoms with Gasteiger partial charge in [0, 0.05) is 11.6 Å². The first-order chi connectivity index (χ1) is 10.4. The van der Waals surface area contributed by atoms with Crippen LogP contribution < -0.4 is 10.6 Å². The van der Waals surface area contributed by atoms with Crippen molar-refractivity contribution < 1.29 is 14.0 Å². The van der Waals surface area contributed by atoms with Crippen molar-refractivity contribution in [2.75, 3.05) is 0 Å². The van der Waals surface area contributed by atoms with Gasteiger partial charge in [0.1, 0.15) is 12.4 Å². The SMILES string of the molecule is CC(C)NC(=O)NC(=O)Cn1nnc(-c2cccc(F)c2)n1. The standard InChI is InChI=1S/C13H15FN6O2/c1-8(2)15-13(22)16-11(21)7-20-18-12(17-19-20)9-4-3-5-10(14)6-9/h3-6,8H,7H2,1-2H3,(H2,15,16,21,22). The highest BCUT2D eigenvalue weighted by atomic mass is 19.1. The summed E-state index contributed by atoms with van der Waals surface area (Å²) >= 11 is 0. The maximum absolute atomic E-state index is 13.1. The third-order valence-electron chi connectivity index (χ3n) is 2.49. The fraction of sp³-hybridized carbons (Fsp3) is 0.308. The number of hydrogen-bond donors (Lipinski definition) is 2. The van der Waals surface area contributed by atoms with E-state index in [0.29, 0.717) is 5.56 Å². The van der Waals surface area contributed by atoms with Crippen LogP contribution in [0, 0.1) is 5.82 Å². The molecule has 0 bridgehead atoms. The summed E-state index contributed by atoms with van der Waals surface area (Å²) in [4.78, 5) is 24.0. The molecule has 8 nitrogen and oxygen atoms in total. The monoisotopic (exact) mass is 306 g/mol. The van der Waals surface area contributed by atoms with Crippen LogP contribution in [-0.2, 0) is 11.3 Å². The molecule has 0 atom stereocenters. The molecule has 2 rings (SSSR count). The van der Waals surface area contributed by atoms with Crippen LogP contribution >= 0.6 is 0 Å². The number of nitrogens with one attached hydrogen (secondary N) is 2. The number of carbonyl (C=O) groups excluding carboxylic acids is 2. The molecule has 0 aliphatic carbocycles. The van der Waals surface area contributed by atoms with Gasteiger partial charge in [-0.15, -0.1) is 10.2 Å². The zero-order valence-electron chi connectivity index (χ0n) is 12.1. The van der Waals surface area contributed by atoms with E-state index in [2.05, 4.69) is 26.0 Å². The quantitative estimate of drug-likeness (QED) is 0.866. The molecule has 0 spiro atoms. The molecule has 116 valence electrons. The van der Waals surface area contributed by atoms with E-state index in [1.54, 1.807) is 19.9 Å². The van der Waals surface area contributed by atoms with Gasteiger partial charge in [-0.3, -0.25) is 10.1 Å². The molecule has 2 aromatic rings. The molecular formula is C13H15FN6O2. The molecular weight excluding hydrogens is 291 g/mol. The van der Waals surface area contributed by atoms with Gasteiger partial charge in [0.25, 0.3) is 5.91 Å². The summed E-state index contributed by atoms with van der Waals surface area (Å²) in [7, 11) is 0. The topological polar surface area (TPSA) is 102 Å². The first-order valence-electron chi connectivity index (χ1n) is 6.58. The molecule has 0 unspecified atom stereocenters. The summed E-state index contributed by atoms with van der Waals surface area (Å²) in [5, 5.41) is 16.1. The molecule has 0 aliphatic rings. The van der Waals surface area contributed by atoms with Crippen LogP contribution in [-0.4, -0.2) is 38.2 Å². The predicted molar refractivity (Wildman–Crippen MR) is 75.0 cm³/mol. The molecule has 1 aromatic carbocycles. The van der Waals surface area contributed by atoms with Crippen molar-refractivity contribution in [1.29, 1.82) is 0 Å². The summed E-state index contributed by atoms with van der Waals surface area (Å²) in [5.74, 6) is -0.808. The van der Waals surface area contributed by atoms with Gasteiger partial charge < -0.3 is 5.32 Å². The zero-order valence-corrected chi connectivity index (χ0v) is 12.1. The van der Waals surface area contributed by atoms with Gasteiger partial charge in [0.05, 0.1) is 0 Å². The lowest BCUT2D eigenvalue weighted by Gasteiger charge is -2.08. The highest BCUT2D eigenvalue weighted by Crippen LogP contribution is 2.14. The Morgan fingerprint density at radius 2 is 2.14 bits per heavy atom. The summed E-state index contributed by atoms with van der Waals surface area (Å²) in [6, 6.07) is 5.03. The minimum Gasteiger partial charge on any atom is -0.336 e. The number of hydrogen-bond acceptors (Lipinski definition) is 5. The van der Waals surface area contributed by atoms with Crippen LogP contribution in [0.5, 0.6) is 0 Å². The van der Waals surface area contributed by atoms with Crippen molar-refractivity contribution in [2.45, 2.75) is 26.4 Å². The van der Waals surface area contributed by atoms with E-state index < -0.39 is 17.8 Å². The smallest absolute Gasteiger partial charge is 0.321 e. The van der Waals surface area contributed by atoms with E-state index in [1.807, 2.05) is 0 Å². The molecule has 0 fully saturated rings. The Morgan fingerprint density at radius 1 is 1.36 bits per heavy atom. The molecule has 9 heteroatoms. The first kappa shape index (κ1) is 15.5. The van der Waals surface area contributed by atoms with E-state index >= 15 is 0 Å². The number of halogens is 1. The Kier molecular flexibility index (Phi) is 4.77. The van der Waals surface area contributed by atoms with Crippen LogP contribution in [0.4, 0.5) is 9.18 Å². The molecule has 3 amide bonds. The Morgan fingerprint density at radius 3 is 2.82 bits per heavy atom. The normalized spacial score (nSPS) is 10.5. The van der Waals surface area contributed by atoms with Gasteiger partial charge in [-0.2, -0.15) is 4.80 Å². The molecule has 1 heterocycles. The number of carbonyl (C=O) groups is 2. The number of benzene rings is 1. The Bertz CT molecular complexity index is 685. The molecule has 0 saturated heterocycles. The minimum absolute atomic E-state index is 0.0862. The predicted octanol–water partition coefficient (Wildman–Crippen LogP) is 0.713. The van der Waals surface area contributed by atoms with Crippen LogP contribution in [0.2, 0.25) is 0 Å². The average Bonchev–Trinajstić information content (AvgIpc) is 2.85. The van der Waals surface area contributed by atoms with Crippen LogP contribution in [0.3, 0.4) is 0 Å². The van der Waals surface area contributed by atoms with Crippen molar-refractivity contribution in [3.05, 3.63) is 30.1 Å². The van der Waals surface area contributed by atoms with Gasteiger partial charge in [0.15, 0.2) is 0 Å². The molecule has 2 N–H and O–H groups in total. The molecule has 0 radical (unpaired) electrons. The van der Waals surface area contributed by atoms with Gasteiger partial charge in [-0.25, -0.2) is 9.18 Å². The number of nitrogens with zero attached hydrogens (tertiary/aromatic N) is 4. The maximum atomic E-state index is 13.1. The number of imide groups is 1. The van der Waals surface area contributed by atoms with E-state index in [4.69, 9.17) is 0 Å². The summed E-state index contributed by atoms with van der Waals surface area (Å²) in [6.45, 7) is 3.27. The van der Waals surface area contributed by atoms with Gasteiger partial charge in [-0.1, -0.05) is 12.1 Å². The molecule has 0 aliphatic heterocycles. The van der Waals surface area contributed by atoms with Crippen LogP contribution in [0.1, 0.15) is 13.8 Å². The van der Waals surface area contributed by atoms with E-state index in [-0.39, 0.29) is 18.4 Å². The third kappa shape index (κ3) is 4.33. The lowest BCUT2D eigenvalue weighted by molar-refractivity contribution is -0.121. The maximum Gasteiger partial charge on any atom is 0.321 e. The number of amides is 3. The van der Waals surface area contributed by atoms with Gasteiger partial charge in [-0.05, 0) is 31.2 Å². The Hall–Kier alpha value is -2.84. The van der Waals surface area contributed by atoms with Crippen LogP contribution in [0.15, 0.2) is 24.3 Å². The molecule has 0 saturated carbocycles. The van der Waals surface area contributed by atoms with Gasteiger partial charge in [0.2, 0.25) is 5.82 Å². The molecule has 22 heavy (non-hydrogen) atoms. The largest absolute Gasteiger partial charge is 0.336 e. The fourth-order valence-electron chi connectivity index (χ4n) is 1.65. The Labute approximate surface area is 125 Å². The van der Waals surface area contributed by atoms with Crippen LogP contribution in [0.25, 0.3) is 11.4 Å². The van der Waals surface area contributed by atoms with Crippen molar-refractivity contribution >= 4 is 11.9 Å². The zero-order chi connectivity index (χ0) is 16.1. The second-order valence-corrected chi connectivity index (χ2v) is 4.83. The van der Waals surface area contributed by atoms with Crippen molar-refractivity contribution in [1.82, 2.24) is 30.8 Å². The summed E-state index contributed by atoms with van der Waals surface area (Å²) < 4.78 is 13.1. The number of aromatic nitrogens is 4. The average molecular weight is 306 g/mol. The van der Waals surface area contributed by atoms with Gasteiger partial charge >= 0.3 is 6.03 Å². The number of tetrazole rings is 1. The second-order valence-electron chi connectivity index (χ2n) is 4.83. The number of urea groups is 1. The highest BCUT2D eigenvalue weighted by Gasteiger charge is 2.12. The summed E-state index contributed by atoms with van der Waals surface area (Å²) in [5.41, 5.74) is 0.448. The number of rotatable bonds is 4. The lowest BCUT2D eigenvalue weighted by Crippen LogP contribution is -2.43. The first-order valence-corrected chi connectivity index (χ1v) is 6.58. The third-order valence-corrected chi connectivity index (χ3v) is 2.49. The second kappa shape index (κ2) is 6.74. The van der Waals surface area contributed by atoms with E-state index in [9.17, 15) is 14.0 Å². The van der Waals surface area contributed by atoms with E-state index in [0.717, 1.165) is 4.80 Å². The minimum atomic E-state index is -0.592. The fourth-order valence-corrected chi connectivity index (χ4v) is 1.65. The highest BCUT2D eigenvalue weighted by molar-refractivity contribution is 5.94. The van der Waals surface area contributed by atoms with E-state index in [1.165, 1.54) is 18.2 Å². The van der Waals surface area contributed by atoms with Crippen molar-refractivity contribution in [3.63, 3.8) is 0 Å². The van der Waals surface area contributed by atoms with Crippen molar-refractivity contribution in [3.8, 4) is 11.4 Å². The van der Waals surface area contributed by atoms with Crippen molar-refractivity contribution in [2.24, 2.45) is 0 Å². The summed E-state index contributed by atoms with van der Waals surface area (Å²) in [6.07, 6.45) is 0. The lowest BCUT2D eigenvalue weighted by atomic mass is 10.2.